The molecule has 4 aromatic rings. The van der Waals surface area contributed by atoms with Gasteiger partial charge in [-0.25, -0.2) is 9.78 Å². The predicted molar refractivity (Wildman–Crippen MR) is 120 cm³/mol. The van der Waals surface area contributed by atoms with Crippen LogP contribution in [0.25, 0.3) is 31.8 Å². The van der Waals surface area contributed by atoms with E-state index in [1.54, 1.807) is 6.07 Å². The van der Waals surface area contributed by atoms with Gasteiger partial charge >= 0.3 is 11.6 Å². The number of unbranched alkanes of at least 4 members (excludes halogenated alkanes) is 3. The Morgan fingerprint density at radius 1 is 1.13 bits per heavy atom. The van der Waals surface area contributed by atoms with Gasteiger partial charge in [0.2, 0.25) is 0 Å². The fourth-order valence-electron chi connectivity index (χ4n) is 3.52. The minimum Gasteiger partial charge on any atom is -0.426 e. The number of hydrogen-bond donors (Lipinski definition) is 0. The molecule has 2 aromatic carbocycles. The number of benzene rings is 2. The molecule has 30 heavy (non-hydrogen) atoms. The molecule has 0 unspecified atom stereocenters. The Balaban J connectivity index is 1.77. The Kier molecular flexibility index (Phi) is 5.95. The van der Waals surface area contributed by atoms with Crippen LogP contribution in [-0.4, -0.2) is 11.0 Å². The van der Waals surface area contributed by atoms with Crippen LogP contribution < -0.4 is 10.4 Å². The summed E-state index contributed by atoms with van der Waals surface area (Å²) in [7, 11) is 0. The number of rotatable bonds is 7. The highest BCUT2D eigenvalue weighted by Crippen LogP contribution is 2.32. The molecule has 2 heterocycles. The van der Waals surface area contributed by atoms with E-state index >= 15 is 0 Å². The van der Waals surface area contributed by atoms with Gasteiger partial charge in [0.05, 0.1) is 15.8 Å². The van der Waals surface area contributed by atoms with Crippen molar-refractivity contribution in [2.75, 3.05) is 0 Å². The maximum Gasteiger partial charge on any atom is 0.346 e. The van der Waals surface area contributed by atoms with Crippen molar-refractivity contribution in [3.8, 4) is 16.3 Å². The molecule has 0 saturated heterocycles. The molecular weight excluding hydrogens is 398 g/mol. The van der Waals surface area contributed by atoms with E-state index in [9.17, 15) is 9.59 Å². The second kappa shape index (κ2) is 8.79. The highest BCUT2D eigenvalue weighted by Gasteiger charge is 2.16. The van der Waals surface area contributed by atoms with E-state index in [0.29, 0.717) is 21.9 Å². The molecule has 0 bridgehead atoms. The lowest BCUT2D eigenvalue weighted by atomic mass is 10.0. The number of nitrogens with zero attached hydrogens (tertiary/aromatic N) is 1. The minimum atomic E-state index is -0.453. The first-order chi connectivity index (χ1) is 14.5. The molecule has 0 fully saturated rings. The van der Waals surface area contributed by atoms with E-state index in [0.717, 1.165) is 46.8 Å². The van der Waals surface area contributed by atoms with Crippen molar-refractivity contribution < 1.29 is 13.9 Å². The van der Waals surface area contributed by atoms with E-state index < -0.39 is 11.6 Å². The van der Waals surface area contributed by atoms with Gasteiger partial charge in [-0.15, -0.1) is 11.3 Å². The number of aromatic nitrogens is 1. The van der Waals surface area contributed by atoms with Crippen molar-refractivity contribution >= 4 is 38.5 Å². The highest BCUT2D eigenvalue weighted by molar-refractivity contribution is 7.21. The third-order valence-electron chi connectivity index (χ3n) is 4.99. The molecule has 0 aliphatic rings. The second-order valence-electron chi connectivity index (χ2n) is 7.34. The Hall–Kier alpha value is -2.99. The van der Waals surface area contributed by atoms with Gasteiger partial charge in [0.25, 0.3) is 0 Å². The quantitative estimate of drug-likeness (QED) is 0.156. The van der Waals surface area contributed by atoms with Crippen molar-refractivity contribution in [3.63, 3.8) is 0 Å². The lowest BCUT2D eigenvalue weighted by Gasteiger charge is -2.11. The third kappa shape index (κ3) is 4.28. The molecular formula is C24H23NO4S. The van der Waals surface area contributed by atoms with Crippen LogP contribution in [0.4, 0.5) is 0 Å². The average molecular weight is 422 g/mol. The maximum absolute atomic E-state index is 12.7. The van der Waals surface area contributed by atoms with Crippen LogP contribution in [0.5, 0.6) is 5.75 Å². The van der Waals surface area contributed by atoms with E-state index in [2.05, 4.69) is 11.9 Å². The van der Waals surface area contributed by atoms with Crippen LogP contribution in [0.1, 0.15) is 45.1 Å². The van der Waals surface area contributed by atoms with Gasteiger partial charge in [0.1, 0.15) is 16.3 Å². The topological polar surface area (TPSA) is 69.4 Å². The van der Waals surface area contributed by atoms with Crippen LogP contribution in [0.3, 0.4) is 0 Å². The van der Waals surface area contributed by atoms with Crippen LogP contribution in [0.2, 0.25) is 0 Å². The first-order valence-electron chi connectivity index (χ1n) is 10.2. The van der Waals surface area contributed by atoms with Crippen molar-refractivity contribution in [1.29, 1.82) is 0 Å². The smallest absolute Gasteiger partial charge is 0.346 e. The Morgan fingerprint density at radius 3 is 2.73 bits per heavy atom. The standard InChI is InChI=1S/C24H23NO4S/c1-3-4-5-6-9-16-12-17-13-18(23-25-19-10-7-8-11-22(19)30-23)24(27)29-21(17)14-20(16)28-15(2)26/h7-8,10-14H,3-6,9H2,1-2H3. The monoisotopic (exact) mass is 421 g/mol. The van der Waals surface area contributed by atoms with Gasteiger partial charge in [-0.1, -0.05) is 38.3 Å². The second-order valence-corrected chi connectivity index (χ2v) is 8.37. The van der Waals surface area contributed by atoms with Crippen LogP contribution in [0, 0.1) is 0 Å². The number of hydrogen-bond acceptors (Lipinski definition) is 6. The lowest BCUT2D eigenvalue weighted by molar-refractivity contribution is -0.131. The van der Waals surface area contributed by atoms with Crippen molar-refractivity contribution in [2.45, 2.75) is 46.0 Å². The summed E-state index contributed by atoms with van der Waals surface area (Å²) < 4.78 is 12.0. The van der Waals surface area contributed by atoms with Crippen LogP contribution >= 0.6 is 11.3 Å². The molecule has 4 rings (SSSR count). The summed E-state index contributed by atoms with van der Waals surface area (Å²) in [5.74, 6) is 0.0694. The van der Waals surface area contributed by atoms with E-state index in [-0.39, 0.29) is 0 Å². The van der Waals surface area contributed by atoms with Crippen LogP contribution in [-0.2, 0) is 11.2 Å². The van der Waals surface area contributed by atoms with Gasteiger partial charge in [0.15, 0.2) is 0 Å². The van der Waals surface area contributed by atoms with Crippen molar-refractivity contribution in [3.05, 3.63) is 58.4 Å². The zero-order chi connectivity index (χ0) is 21.1. The molecule has 0 radical (unpaired) electrons. The summed E-state index contributed by atoms with van der Waals surface area (Å²) in [5.41, 5.74) is 2.20. The number of fused-ring (bicyclic) bond motifs is 2. The molecule has 0 N–H and O–H groups in total. The zero-order valence-electron chi connectivity index (χ0n) is 17.1. The molecule has 5 nitrogen and oxygen atoms in total. The highest BCUT2D eigenvalue weighted by atomic mass is 32.1. The summed E-state index contributed by atoms with van der Waals surface area (Å²) in [6.45, 7) is 3.54. The average Bonchev–Trinajstić information content (AvgIpc) is 3.14. The Labute approximate surface area is 178 Å². The zero-order valence-corrected chi connectivity index (χ0v) is 17.9. The largest absolute Gasteiger partial charge is 0.426 e. The molecule has 6 heteroatoms. The SMILES string of the molecule is CCCCCCc1cc2cc(-c3nc4ccccc4s3)c(=O)oc2cc1OC(C)=O. The van der Waals surface area contributed by atoms with Gasteiger partial charge in [-0.05, 0) is 42.7 Å². The lowest BCUT2D eigenvalue weighted by Crippen LogP contribution is -2.06. The molecule has 0 spiro atoms. The van der Waals surface area contributed by atoms with Gasteiger partial charge in [0, 0.05) is 18.4 Å². The Bertz CT molecular complexity index is 1240. The number of ether oxygens (including phenoxy) is 1. The molecule has 154 valence electrons. The van der Waals surface area contributed by atoms with E-state index in [1.165, 1.54) is 24.7 Å². The molecule has 0 aliphatic carbocycles. The van der Waals surface area contributed by atoms with Gasteiger partial charge in [-0.2, -0.15) is 0 Å². The molecule has 0 atom stereocenters. The molecule has 0 saturated carbocycles. The van der Waals surface area contributed by atoms with Gasteiger partial charge < -0.3 is 9.15 Å². The number of aryl methyl sites for hydroxylation is 1. The molecule has 2 aromatic heterocycles. The summed E-state index contributed by atoms with van der Waals surface area (Å²) >= 11 is 1.47. The molecule has 0 amide bonds. The van der Waals surface area contributed by atoms with Gasteiger partial charge in [-0.3, -0.25) is 4.79 Å². The number of thiazole rings is 1. The number of para-hydroxylation sites is 1. The number of carbonyl (C=O) groups excluding carboxylic acids is 1. The van der Waals surface area contributed by atoms with Crippen LogP contribution in [0.15, 0.2) is 51.7 Å². The van der Waals surface area contributed by atoms with Crippen molar-refractivity contribution in [1.82, 2.24) is 4.98 Å². The summed E-state index contributed by atoms with van der Waals surface area (Å²) in [6, 6.07) is 13.2. The third-order valence-corrected chi connectivity index (χ3v) is 6.06. The summed E-state index contributed by atoms with van der Waals surface area (Å²) in [6.07, 6.45) is 5.26. The summed E-state index contributed by atoms with van der Waals surface area (Å²) in [4.78, 5) is 28.8. The normalized spacial score (nSPS) is 11.3. The van der Waals surface area contributed by atoms with Crippen molar-refractivity contribution in [2.24, 2.45) is 0 Å². The fourth-order valence-corrected chi connectivity index (χ4v) is 4.49. The van der Waals surface area contributed by atoms with E-state index in [1.807, 2.05) is 36.4 Å². The minimum absolute atomic E-state index is 0.391. The fraction of sp³-hybridized carbons (Fsp3) is 0.292. The first kappa shape index (κ1) is 20.3. The summed E-state index contributed by atoms with van der Waals surface area (Å²) in [5, 5.41) is 1.44. The molecule has 0 aliphatic heterocycles. The Morgan fingerprint density at radius 2 is 1.97 bits per heavy atom. The predicted octanol–water partition coefficient (Wildman–Crippen LogP) is 6.12. The number of esters is 1. The maximum atomic E-state index is 12.7. The first-order valence-corrected chi connectivity index (χ1v) is 11.0. The van der Waals surface area contributed by atoms with E-state index in [4.69, 9.17) is 9.15 Å². The number of carbonyl (C=O) groups is 1.